The summed E-state index contributed by atoms with van der Waals surface area (Å²) >= 11 is 11.6. The fourth-order valence-corrected chi connectivity index (χ4v) is 1.62. The van der Waals surface area contributed by atoms with Gasteiger partial charge in [0.05, 0.1) is 0 Å². The van der Waals surface area contributed by atoms with Crippen LogP contribution in [0.2, 0.25) is 10.0 Å². The van der Waals surface area contributed by atoms with Gasteiger partial charge in [0, 0.05) is 29.8 Å². The van der Waals surface area contributed by atoms with Gasteiger partial charge in [-0.3, -0.25) is 0 Å². The van der Waals surface area contributed by atoms with Gasteiger partial charge in [0.25, 0.3) is 0 Å². The Morgan fingerprint density at radius 2 is 1.46 bits per heavy atom. The molecule has 0 saturated carbocycles. The summed E-state index contributed by atoms with van der Waals surface area (Å²) in [5, 5.41) is 1.14. The van der Waals surface area contributed by atoms with Gasteiger partial charge in [-0.1, -0.05) is 23.2 Å². The number of hydrogen-bond donors (Lipinski definition) is 0. The Hall–Kier alpha value is -0.280. The van der Waals surface area contributed by atoms with Gasteiger partial charge < -0.3 is 9.47 Å². The first-order valence-corrected chi connectivity index (χ1v) is 4.44. The van der Waals surface area contributed by atoms with Crippen LogP contribution in [0.15, 0.2) is 18.2 Å². The normalized spacial score (nSPS) is 10.8. The number of hydrogen-bond acceptors (Lipinski definition) is 2. The summed E-state index contributed by atoms with van der Waals surface area (Å²) in [6, 6.07) is 5.17. The van der Waals surface area contributed by atoms with E-state index in [1.807, 2.05) is 0 Å². The maximum absolute atomic E-state index is 5.81. The van der Waals surface area contributed by atoms with Crippen LogP contribution in [-0.4, -0.2) is 14.2 Å². The molecule has 0 atom stereocenters. The van der Waals surface area contributed by atoms with Crippen LogP contribution in [0.4, 0.5) is 0 Å². The summed E-state index contributed by atoms with van der Waals surface area (Å²) in [6.45, 7) is 0. The Morgan fingerprint density at radius 1 is 1.00 bits per heavy atom. The minimum absolute atomic E-state index is 0.420. The zero-order chi connectivity index (χ0) is 9.84. The van der Waals surface area contributed by atoms with Crippen LogP contribution in [-0.2, 0) is 9.47 Å². The fourth-order valence-electron chi connectivity index (χ4n) is 1.08. The molecule has 0 unspecified atom stereocenters. The summed E-state index contributed by atoms with van der Waals surface area (Å²) in [6.07, 6.45) is -0.420. The Bertz CT molecular complexity index is 265. The van der Waals surface area contributed by atoms with E-state index in [2.05, 4.69) is 0 Å². The van der Waals surface area contributed by atoms with Crippen LogP contribution in [0.25, 0.3) is 0 Å². The molecule has 0 spiro atoms. The van der Waals surface area contributed by atoms with Crippen molar-refractivity contribution in [3.8, 4) is 0 Å². The monoisotopic (exact) mass is 220 g/mol. The highest BCUT2D eigenvalue weighted by molar-refractivity contribution is 6.34. The van der Waals surface area contributed by atoms with E-state index in [1.165, 1.54) is 0 Å². The second-order valence-corrected chi connectivity index (χ2v) is 3.38. The Balaban J connectivity index is 2.99. The van der Waals surface area contributed by atoms with Gasteiger partial charge in [-0.05, 0) is 18.2 Å². The van der Waals surface area contributed by atoms with Crippen molar-refractivity contribution < 1.29 is 9.47 Å². The summed E-state index contributed by atoms with van der Waals surface area (Å²) in [5.41, 5.74) is 0.808. The van der Waals surface area contributed by atoms with Crippen LogP contribution >= 0.6 is 23.2 Å². The van der Waals surface area contributed by atoms with E-state index in [0.717, 1.165) is 5.56 Å². The number of halogens is 2. The van der Waals surface area contributed by atoms with Crippen LogP contribution in [0, 0.1) is 0 Å². The molecule has 0 fully saturated rings. The van der Waals surface area contributed by atoms with Crippen LogP contribution in [0.3, 0.4) is 0 Å². The van der Waals surface area contributed by atoms with Gasteiger partial charge in [-0.15, -0.1) is 0 Å². The average Bonchev–Trinajstić information content (AvgIpc) is 2.04. The maximum Gasteiger partial charge on any atom is 0.183 e. The molecule has 1 aromatic rings. The summed E-state index contributed by atoms with van der Waals surface area (Å²) in [4.78, 5) is 0. The minimum Gasteiger partial charge on any atom is -0.352 e. The smallest absolute Gasteiger partial charge is 0.183 e. The number of methoxy groups -OCH3 is 2. The van der Waals surface area contributed by atoms with E-state index in [0.29, 0.717) is 10.0 Å². The summed E-state index contributed by atoms with van der Waals surface area (Å²) < 4.78 is 10.1. The number of benzene rings is 1. The lowest BCUT2D eigenvalue weighted by Gasteiger charge is -2.13. The molecule has 0 amide bonds. The molecule has 0 heterocycles. The molecule has 1 aromatic carbocycles. The number of rotatable bonds is 3. The van der Waals surface area contributed by atoms with E-state index >= 15 is 0 Å². The molecule has 1 rings (SSSR count). The zero-order valence-electron chi connectivity index (χ0n) is 7.38. The van der Waals surface area contributed by atoms with Crippen molar-refractivity contribution in [2.45, 2.75) is 6.29 Å². The molecule has 0 aromatic heterocycles. The van der Waals surface area contributed by atoms with Gasteiger partial charge in [0.2, 0.25) is 0 Å². The van der Waals surface area contributed by atoms with Gasteiger partial charge >= 0.3 is 0 Å². The molecule has 2 nitrogen and oxygen atoms in total. The van der Waals surface area contributed by atoms with Crippen LogP contribution in [0.5, 0.6) is 0 Å². The molecule has 13 heavy (non-hydrogen) atoms. The first-order chi connectivity index (χ1) is 6.17. The molecule has 0 aliphatic rings. The van der Waals surface area contributed by atoms with Crippen molar-refractivity contribution in [1.82, 2.24) is 0 Å². The van der Waals surface area contributed by atoms with Crippen molar-refractivity contribution in [3.05, 3.63) is 33.8 Å². The maximum atomic E-state index is 5.81. The average molecular weight is 221 g/mol. The van der Waals surface area contributed by atoms with Crippen LogP contribution < -0.4 is 0 Å². The molecular weight excluding hydrogens is 211 g/mol. The van der Waals surface area contributed by atoms with E-state index < -0.39 is 6.29 Å². The SMILES string of the molecule is COC(OC)c1cc(Cl)cc(Cl)c1. The zero-order valence-corrected chi connectivity index (χ0v) is 8.89. The molecular formula is C9H10Cl2O2. The quantitative estimate of drug-likeness (QED) is 0.729. The van der Waals surface area contributed by atoms with Crippen LogP contribution in [0.1, 0.15) is 11.9 Å². The third-order valence-electron chi connectivity index (χ3n) is 1.59. The van der Waals surface area contributed by atoms with E-state index in [9.17, 15) is 0 Å². The van der Waals surface area contributed by atoms with Gasteiger partial charge in [0.1, 0.15) is 0 Å². The summed E-state index contributed by atoms with van der Waals surface area (Å²) in [5.74, 6) is 0. The standard InChI is InChI=1S/C9H10Cl2O2/c1-12-9(13-2)6-3-7(10)5-8(11)4-6/h3-5,9H,1-2H3. The number of ether oxygens (including phenoxy) is 2. The minimum atomic E-state index is -0.420. The lowest BCUT2D eigenvalue weighted by Crippen LogP contribution is -2.03. The Morgan fingerprint density at radius 3 is 1.85 bits per heavy atom. The molecule has 0 bridgehead atoms. The van der Waals surface area contributed by atoms with E-state index in [1.54, 1.807) is 32.4 Å². The second-order valence-electron chi connectivity index (χ2n) is 2.51. The van der Waals surface area contributed by atoms with E-state index in [4.69, 9.17) is 32.7 Å². The molecule has 0 aliphatic carbocycles. The first-order valence-electron chi connectivity index (χ1n) is 3.69. The van der Waals surface area contributed by atoms with Crippen molar-refractivity contribution in [2.24, 2.45) is 0 Å². The Kier molecular flexibility index (Phi) is 4.00. The predicted octanol–water partition coefficient (Wildman–Crippen LogP) is 3.28. The van der Waals surface area contributed by atoms with Gasteiger partial charge in [-0.2, -0.15) is 0 Å². The third-order valence-corrected chi connectivity index (χ3v) is 2.02. The van der Waals surface area contributed by atoms with Gasteiger partial charge in [-0.25, -0.2) is 0 Å². The highest BCUT2D eigenvalue weighted by Crippen LogP contribution is 2.25. The van der Waals surface area contributed by atoms with Crippen molar-refractivity contribution >= 4 is 23.2 Å². The molecule has 0 N–H and O–H groups in total. The molecule has 0 saturated heterocycles. The molecule has 4 heteroatoms. The van der Waals surface area contributed by atoms with Crippen molar-refractivity contribution in [3.63, 3.8) is 0 Å². The topological polar surface area (TPSA) is 18.5 Å². The second kappa shape index (κ2) is 4.82. The fraction of sp³-hybridized carbons (Fsp3) is 0.333. The molecule has 0 radical (unpaired) electrons. The predicted molar refractivity (Wildman–Crippen MR) is 53.2 cm³/mol. The summed E-state index contributed by atoms with van der Waals surface area (Å²) in [7, 11) is 3.12. The lowest BCUT2D eigenvalue weighted by molar-refractivity contribution is -0.106. The molecule has 72 valence electrons. The van der Waals surface area contributed by atoms with Crippen molar-refractivity contribution in [1.29, 1.82) is 0 Å². The highest BCUT2D eigenvalue weighted by Gasteiger charge is 2.09. The highest BCUT2D eigenvalue weighted by atomic mass is 35.5. The van der Waals surface area contributed by atoms with Crippen molar-refractivity contribution in [2.75, 3.05) is 14.2 Å². The first kappa shape index (κ1) is 10.8. The van der Waals surface area contributed by atoms with E-state index in [-0.39, 0.29) is 0 Å². The molecule has 0 aliphatic heterocycles. The lowest BCUT2D eigenvalue weighted by atomic mass is 10.2. The largest absolute Gasteiger partial charge is 0.352 e. The van der Waals surface area contributed by atoms with Gasteiger partial charge in [0.15, 0.2) is 6.29 Å². The third kappa shape index (κ3) is 2.85. The Labute approximate surface area is 87.4 Å².